The minimum absolute atomic E-state index is 0.336. The van der Waals surface area contributed by atoms with Crippen molar-refractivity contribution in [3.8, 4) is 6.07 Å². The van der Waals surface area contributed by atoms with Crippen molar-refractivity contribution in [1.29, 1.82) is 5.26 Å². The van der Waals surface area contributed by atoms with Crippen LogP contribution in [0.5, 0.6) is 0 Å². The van der Waals surface area contributed by atoms with E-state index >= 15 is 0 Å². The molecule has 1 fully saturated rings. The summed E-state index contributed by atoms with van der Waals surface area (Å²) in [5, 5.41) is 8.35. The number of nitriles is 1. The van der Waals surface area contributed by atoms with E-state index in [1.807, 2.05) is 0 Å². The van der Waals surface area contributed by atoms with Gasteiger partial charge in [0, 0.05) is 25.6 Å². The molecule has 0 aliphatic carbocycles. The second kappa shape index (κ2) is 4.32. The fourth-order valence-corrected chi connectivity index (χ4v) is 1.50. The fourth-order valence-electron chi connectivity index (χ4n) is 1.50. The van der Waals surface area contributed by atoms with Crippen molar-refractivity contribution in [3.05, 3.63) is 0 Å². The number of likely N-dealkylation sites (tertiary alicyclic amines) is 1. The lowest BCUT2D eigenvalue weighted by Gasteiger charge is -2.29. The summed E-state index contributed by atoms with van der Waals surface area (Å²) in [5.74, 6) is 0. The molecule has 1 atom stereocenters. The molecule has 1 heterocycles. The van der Waals surface area contributed by atoms with Gasteiger partial charge >= 0.3 is 0 Å². The summed E-state index contributed by atoms with van der Waals surface area (Å²) in [4.78, 5) is 2.28. The molecule has 0 radical (unpaired) electrons. The van der Waals surface area contributed by atoms with Gasteiger partial charge in [-0.25, -0.2) is 0 Å². The number of nitrogens with two attached hydrogens (primary N) is 1. The predicted molar refractivity (Wildman–Crippen MR) is 43.9 cm³/mol. The Kier molecular flexibility index (Phi) is 3.34. The molecular weight excluding hydrogens is 138 g/mol. The van der Waals surface area contributed by atoms with E-state index in [1.165, 1.54) is 6.42 Å². The van der Waals surface area contributed by atoms with Crippen LogP contribution in [0.1, 0.15) is 19.3 Å². The van der Waals surface area contributed by atoms with Crippen LogP contribution in [0.2, 0.25) is 0 Å². The van der Waals surface area contributed by atoms with Gasteiger partial charge < -0.3 is 10.6 Å². The van der Waals surface area contributed by atoms with Gasteiger partial charge in [0.05, 0.1) is 6.07 Å². The van der Waals surface area contributed by atoms with E-state index < -0.39 is 0 Å². The zero-order valence-corrected chi connectivity index (χ0v) is 6.79. The number of nitrogens with zero attached hydrogens (tertiary/aromatic N) is 2. The van der Waals surface area contributed by atoms with E-state index in [0.29, 0.717) is 12.5 Å². The van der Waals surface area contributed by atoms with Crippen LogP contribution in [0.3, 0.4) is 0 Å². The molecule has 62 valence electrons. The van der Waals surface area contributed by atoms with Crippen LogP contribution >= 0.6 is 0 Å². The Morgan fingerprint density at radius 3 is 3.09 bits per heavy atom. The van der Waals surface area contributed by atoms with E-state index in [0.717, 1.165) is 26.1 Å². The highest BCUT2D eigenvalue weighted by Crippen LogP contribution is 2.07. The quantitative estimate of drug-likeness (QED) is 0.621. The molecule has 1 rings (SSSR count). The average Bonchev–Trinajstić information content (AvgIpc) is 2.01. The molecule has 0 saturated carbocycles. The van der Waals surface area contributed by atoms with E-state index in [4.69, 9.17) is 11.0 Å². The van der Waals surface area contributed by atoms with Gasteiger partial charge in [0.1, 0.15) is 0 Å². The van der Waals surface area contributed by atoms with E-state index in [1.54, 1.807) is 0 Å². The minimum atomic E-state index is 0.336. The number of hydrogen-bond donors (Lipinski definition) is 1. The monoisotopic (exact) mass is 153 g/mol. The third-order valence-corrected chi connectivity index (χ3v) is 2.08. The van der Waals surface area contributed by atoms with Crippen molar-refractivity contribution in [2.24, 2.45) is 5.73 Å². The lowest BCUT2D eigenvalue weighted by atomic mass is 10.1. The first kappa shape index (κ1) is 8.51. The Balaban J connectivity index is 2.18. The number of piperidine rings is 1. The lowest BCUT2D eigenvalue weighted by molar-refractivity contribution is 0.213. The van der Waals surface area contributed by atoms with Gasteiger partial charge in [0.2, 0.25) is 0 Å². The molecule has 0 aromatic rings. The van der Waals surface area contributed by atoms with Crippen LogP contribution in [0, 0.1) is 11.3 Å². The molecule has 0 aromatic heterocycles. The van der Waals surface area contributed by atoms with Gasteiger partial charge in [0.25, 0.3) is 0 Å². The normalized spacial score (nSPS) is 26.4. The number of hydrogen-bond acceptors (Lipinski definition) is 3. The predicted octanol–water partition coefficient (Wildman–Crippen LogP) is 0.323. The zero-order valence-electron chi connectivity index (χ0n) is 6.79. The van der Waals surface area contributed by atoms with Crippen molar-refractivity contribution in [1.82, 2.24) is 4.90 Å². The molecule has 1 unspecified atom stereocenters. The molecule has 0 bridgehead atoms. The molecule has 0 amide bonds. The summed E-state index contributed by atoms with van der Waals surface area (Å²) >= 11 is 0. The van der Waals surface area contributed by atoms with Crippen molar-refractivity contribution in [2.75, 3.05) is 19.6 Å². The zero-order chi connectivity index (χ0) is 8.10. The maximum Gasteiger partial charge on any atom is 0.0635 e. The average molecular weight is 153 g/mol. The van der Waals surface area contributed by atoms with E-state index in [2.05, 4.69) is 11.0 Å². The van der Waals surface area contributed by atoms with Crippen LogP contribution < -0.4 is 5.73 Å². The topological polar surface area (TPSA) is 53.0 Å². The summed E-state index contributed by atoms with van der Waals surface area (Å²) < 4.78 is 0. The van der Waals surface area contributed by atoms with Crippen molar-refractivity contribution in [2.45, 2.75) is 25.3 Å². The second-order valence-electron chi connectivity index (χ2n) is 3.11. The Morgan fingerprint density at radius 1 is 1.64 bits per heavy atom. The Bertz CT molecular complexity index is 150. The van der Waals surface area contributed by atoms with Crippen molar-refractivity contribution >= 4 is 0 Å². The standard InChI is InChI=1S/C8H15N3/c9-4-2-6-11-5-1-3-8(10)7-11/h8H,1-3,5-7,10H2. The van der Waals surface area contributed by atoms with E-state index in [9.17, 15) is 0 Å². The first-order valence-electron chi connectivity index (χ1n) is 4.18. The minimum Gasteiger partial charge on any atom is -0.327 e. The number of rotatable bonds is 2. The first-order chi connectivity index (χ1) is 5.33. The molecule has 0 aromatic carbocycles. The molecule has 1 aliphatic rings. The summed E-state index contributed by atoms with van der Waals surface area (Å²) in [7, 11) is 0. The highest BCUT2D eigenvalue weighted by molar-refractivity contribution is 4.78. The SMILES string of the molecule is N#CCCN1CCCC(N)C1. The first-order valence-corrected chi connectivity index (χ1v) is 4.18. The Hall–Kier alpha value is -0.590. The molecule has 3 heteroatoms. The van der Waals surface area contributed by atoms with E-state index in [-0.39, 0.29) is 0 Å². The van der Waals surface area contributed by atoms with Crippen LogP contribution in [0.15, 0.2) is 0 Å². The summed E-state index contributed by atoms with van der Waals surface area (Å²) in [6.07, 6.45) is 2.96. The highest BCUT2D eigenvalue weighted by atomic mass is 15.1. The van der Waals surface area contributed by atoms with Gasteiger partial charge in [-0.2, -0.15) is 5.26 Å². The molecule has 11 heavy (non-hydrogen) atoms. The smallest absolute Gasteiger partial charge is 0.0635 e. The highest BCUT2D eigenvalue weighted by Gasteiger charge is 2.15. The molecule has 0 spiro atoms. The second-order valence-corrected chi connectivity index (χ2v) is 3.11. The maximum absolute atomic E-state index is 8.35. The molecule has 2 N–H and O–H groups in total. The van der Waals surface area contributed by atoms with Crippen LogP contribution in [0.4, 0.5) is 0 Å². The third-order valence-electron chi connectivity index (χ3n) is 2.08. The largest absolute Gasteiger partial charge is 0.327 e. The Morgan fingerprint density at radius 2 is 2.45 bits per heavy atom. The van der Waals surface area contributed by atoms with Gasteiger partial charge in [-0.3, -0.25) is 0 Å². The van der Waals surface area contributed by atoms with Gasteiger partial charge in [0.15, 0.2) is 0 Å². The van der Waals surface area contributed by atoms with Gasteiger partial charge in [-0.1, -0.05) is 0 Å². The maximum atomic E-state index is 8.35. The molecule has 1 saturated heterocycles. The summed E-state index contributed by atoms with van der Waals surface area (Å²) in [6.45, 7) is 2.99. The van der Waals surface area contributed by atoms with Crippen LogP contribution in [0.25, 0.3) is 0 Å². The van der Waals surface area contributed by atoms with Gasteiger partial charge in [-0.05, 0) is 19.4 Å². The van der Waals surface area contributed by atoms with Gasteiger partial charge in [-0.15, -0.1) is 0 Å². The Labute approximate surface area is 67.8 Å². The molecular formula is C8H15N3. The molecule has 3 nitrogen and oxygen atoms in total. The fraction of sp³-hybridized carbons (Fsp3) is 0.875. The molecule has 1 aliphatic heterocycles. The lowest BCUT2D eigenvalue weighted by Crippen LogP contribution is -2.42. The van der Waals surface area contributed by atoms with Crippen molar-refractivity contribution < 1.29 is 0 Å². The van der Waals surface area contributed by atoms with Crippen LogP contribution in [-0.2, 0) is 0 Å². The summed E-state index contributed by atoms with van der Waals surface area (Å²) in [6, 6.07) is 2.48. The van der Waals surface area contributed by atoms with Crippen molar-refractivity contribution in [3.63, 3.8) is 0 Å². The third kappa shape index (κ3) is 2.87. The summed E-state index contributed by atoms with van der Waals surface area (Å²) in [5.41, 5.74) is 5.77. The van der Waals surface area contributed by atoms with Crippen LogP contribution in [-0.4, -0.2) is 30.6 Å².